The Bertz CT molecular complexity index is 486. The summed E-state index contributed by atoms with van der Waals surface area (Å²) in [5.74, 6) is -1.21. The van der Waals surface area contributed by atoms with Crippen LogP contribution >= 0.6 is 0 Å². The van der Waals surface area contributed by atoms with Crippen molar-refractivity contribution in [3.05, 3.63) is 35.4 Å². The van der Waals surface area contributed by atoms with E-state index in [4.69, 9.17) is 10.8 Å². The van der Waals surface area contributed by atoms with Crippen LogP contribution in [0.15, 0.2) is 24.3 Å². The Kier molecular flexibility index (Phi) is 5.70. The predicted molar refractivity (Wildman–Crippen MR) is 77.6 cm³/mol. The highest BCUT2D eigenvalue weighted by Gasteiger charge is 2.21. The molecule has 1 rings (SSSR count). The predicted octanol–water partition coefficient (Wildman–Crippen LogP) is 1.37. The molecule has 0 saturated heterocycles. The molecule has 3 N–H and O–H groups in total. The molecule has 0 fully saturated rings. The molecule has 0 spiro atoms. The van der Waals surface area contributed by atoms with E-state index in [0.717, 1.165) is 5.56 Å². The highest BCUT2D eigenvalue weighted by Crippen LogP contribution is 2.11. The fraction of sp³-hybridized carbons (Fsp3) is 0.467. The average Bonchev–Trinajstić information content (AvgIpc) is 2.43. The zero-order chi connectivity index (χ0) is 15.3. The van der Waals surface area contributed by atoms with Crippen molar-refractivity contribution < 1.29 is 14.7 Å². The van der Waals surface area contributed by atoms with Gasteiger partial charge >= 0.3 is 5.97 Å². The third kappa shape index (κ3) is 4.06. The van der Waals surface area contributed by atoms with Crippen LogP contribution in [0.1, 0.15) is 29.8 Å². The van der Waals surface area contributed by atoms with Crippen LogP contribution in [0.4, 0.5) is 0 Å². The van der Waals surface area contributed by atoms with E-state index in [-0.39, 0.29) is 23.4 Å². The van der Waals surface area contributed by atoms with Crippen molar-refractivity contribution in [3.63, 3.8) is 0 Å². The number of rotatable bonds is 6. The number of amides is 1. The smallest absolute Gasteiger partial charge is 0.335 e. The lowest BCUT2D eigenvalue weighted by Crippen LogP contribution is -2.40. The van der Waals surface area contributed by atoms with Gasteiger partial charge in [0.25, 0.3) is 0 Å². The maximum Gasteiger partial charge on any atom is 0.335 e. The second-order valence-electron chi connectivity index (χ2n) is 5.12. The van der Waals surface area contributed by atoms with Gasteiger partial charge in [-0.05, 0) is 25.0 Å². The van der Waals surface area contributed by atoms with Gasteiger partial charge in [-0.2, -0.15) is 0 Å². The van der Waals surface area contributed by atoms with Crippen molar-refractivity contribution in [1.29, 1.82) is 0 Å². The molecule has 0 radical (unpaired) electrons. The van der Waals surface area contributed by atoms with Crippen molar-refractivity contribution in [1.82, 2.24) is 4.90 Å². The van der Waals surface area contributed by atoms with Crippen LogP contribution in [0, 0.1) is 5.92 Å². The molecule has 0 aliphatic heterocycles. The molecule has 0 aliphatic carbocycles. The van der Waals surface area contributed by atoms with Crippen LogP contribution in [0.5, 0.6) is 0 Å². The Hall–Kier alpha value is -1.88. The molecule has 2 unspecified atom stereocenters. The van der Waals surface area contributed by atoms with E-state index in [0.29, 0.717) is 13.0 Å². The number of hydrogen-bond acceptors (Lipinski definition) is 3. The molecule has 0 heterocycles. The fourth-order valence-corrected chi connectivity index (χ4v) is 1.92. The minimum atomic E-state index is -0.946. The van der Waals surface area contributed by atoms with Gasteiger partial charge in [0, 0.05) is 19.6 Å². The summed E-state index contributed by atoms with van der Waals surface area (Å²) in [5.41, 5.74) is 6.74. The van der Waals surface area contributed by atoms with Gasteiger partial charge < -0.3 is 15.7 Å². The highest BCUT2D eigenvalue weighted by molar-refractivity contribution is 5.89. The number of carbonyl (C=O) groups excluding carboxylic acids is 1. The summed E-state index contributed by atoms with van der Waals surface area (Å²) in [6.07, 6.45) is 0.510. The Morgan fingerprint density at radius 1 is 1.30 bits per heavy atom. The first kappa shape index (κ1) is 16.2. The van der Waals surface area contributed by atoms with E-state index in [1.54, 1.807) is 50.1 Å². The van der Waals surface area contributed by atoms with Gasteiger partial charge in [-0.1, -0.05) is 25.1 Å². The van der Waals surface area contributed by atoms with Crippen molar-refractivity contribution in [2.24, 2.45) is 11.7 Å². The van der Waals surface area contributed by atoms with E-state index >= 15 is 0 Å². The molecule has 110 valence electrons. The van der Waals surface area contributed by atoms with Crippen LogP contribution in [0.25, 0.3) is 0 Å². The van der Waals surface area contributed by atoms with E-state index in [1.807, 2.05) is 0 Å². The van der Waals surface area contributed by atoms with Crippen molar-refractivity contribution in [3.8, 4) is 0 Å². The largest absolute Gasteiger partial charge is 0.478 e. The zero-order valence-corrected chi connectivity index (χ0v) is 12.2. The van der Waals surface area contributed by atoms with Gasteiger partial charge in [0.05, 0.1) is 11.5 Å². The van der Waals surface area contributed by atoms with Crippen LogP contribution < -0.4 is 5.73 Å². The van der Waals surface area contributed by atoms with Gasteiger partial charge in [-0.25, -0.2) is 4.79 Å². The van der Waals surface area contributed by atoms with E-state index < -0.39 is 5.97 Å². The molecule has 0 bridgehead atoms. The number of carboxylic acid groups (broad SMARTS) is 1. The average molecular weight is 278 g/mol. The normalized spacial score (nSPS) is 13.6. The molecule has 5 heteroatoms. The van der Waals surface area contributed by atoms with E-state index in [1.165, 1.54) is 0 Å². The summed E-state index contributed by atoms with van der Waals surface area (Å²) in [6.45, 7) is 4.07. The molecule has 0 aliphatic rings. The van der Waals surface area contributed by atoms with Gasteiger partial charge in [0.15, 0.2) is 0 Å². The molecule has 0 aromatic heterocycles. The quantitative estimate of drug-likeness (QED) is 0.823. The number of carboxylic acids is 1. The second-order valence-corrected chi connectivity index (χ2v) is 5.12. The first-order chi connectivity index (χ1) is 9.34. The molecule has 20 heavy (non-hydrogen) atoms. The minimum Gasteiger partial charge on any atom is -0.478 e. The third-order valence-electron chi connectivity index (χ3n) is 3.52. The molecule has 1 aromatic carbocycles. The number of hydrogen-bond donors (Lipinski definition) is 2. The third-order valence-corrected chi connectivity index (χ3v) is 3.52. The maximum absolute atomic E-state index is 12.1. The number of benzene rings is 1. The van der Waals surface area contributed by atoms with Crippen LogP contribution in [-0.4, -0.2) is 41.5 Å². The summed E-state index contributed by atoms with van der Waals surface area (Å²) in [4.78, 5) is 24.8. The summed E-state index contributed by atoms with van der Waals surface area (Å²) in [5, 5.41) is 9.10. The molecule has 1 aromatic rings. The summed E-state index contributed by atoms with van der Waals surface area (Å²) in [6, 6.07) is 6.64. The topological polar surface area (TPSA) is 83.6 Å². The number of nitrogens with zero attached hydrogens (tertiary/aromatic N) is 1. The zero-order valence-electron chi connectivity index (χ0n) is 12.2. The molecule has 1 amide bonds. The Morgan fingerprint density at radius 3 is 2.45 bits per heavy atom. The number of aromatic carboxylic acids is 1. The van der Waals surface area contributed by atoms with Crippen LogP contribution in [0.2, 0.25) is 0 Å². The van der Waals surface area contributed by atoms with Crippen molar-refractivity contribution >= 4 is 11.9 Å². The van der Waals surface area contributed by atoms with Crippen molar-refractivity contribution in [2.75, 3.05) is 13.6 Å². The first-order valence-electron chi connectivity index (χ1n) is 6.66. The minimum absolute atomic E-state index is 0.0205. The first-order valence-corrected chi connectivity index (χ1v) is 6.66. The highest BCUT2D eigenvalue weighted by atomic mass is 16.4. The number of nitrogens with two attached hydrogens (primary N) is 1. The molecular formula is C15H22N2O3. The van der Waals surface area contributed by atoms with Gasteiger partial charge in [-0.3, -0.25) is 4.79 Å². The van der Waals surface area contributed by atoms with Crippen LogP contribution in [-0.2, 0) is 11.2 Å². The summed E-state index contributed by atoms with van der Waals surface area (Å²) >= 11 is 0. The molecule has 5 nitrogen and oxygen atoms in total. The number of carbonyl (C=O) groups is 2. The monoisotopic (exact) mass is 278 g/mol. The Labute approximate surface area is 119 Å². The Morgan fingerprint density at radius 2 is 1.90 bits per heavy atom. The summed E-state index contributed by atoms with van der Waals surface area (Å²) < 4.78 is 0. The fourth-order valence-electron chi connectivity index (χ4n) is 1.92. The van der Waals surface area contributed by atoms with Gasteiger partial charge in [0.1, 0.15) is 0 Å². The molecule has 0 saturated carbocycles. The van der Waals surface area contributed by atoms with Gasteiger partial charge in [-0.15, -0.1) is 0 Å². The van der Waals surface area contributed by atoms with Gasteiger partial charge in [0.2, 0.25) is 5.91 Å². The maximum atomic E-state index is 12.1. The lowest BCUT2D eigenvalue weighted by molar-refractivity contribution is -0.134. The molecule has 2 atom stereocenters. The molecular weight excluding hydrogens is 256 g/mol. The van der Waals surface area contributed by atoms with Crippen LogP contribution in [0.3, 0.4) is 0 Å². The number of likely N-dealkylation sites (N-methyl/N-ethyl adjacent to an activating group) is 1. The SMILES string of the molecule is CC(N)C(C)C(=O)N(C)CCc1ccccc1C(=O)O. The summed E-state index contributed by atoms with van der Waals surface area (Å²) in [7, 11) is 1.71. The van der Waals surface area contributed by atoms with E-state index in [2.05, 4.69) is 0 Å². The lowest BCUT2D eigenvalue weighted by Gasteiger charge is -2.23. The second kappa shape index (κ2) is 7.05. The van der Waals surface area contributed by atoms with Crippen molar-refractivity contribution in [2.45, 2.75) is 26.3 Å². The Balaban J connectivity index is 2.68. The lowest BCUT2D eigenvalue weighted by atomic mass is 10.0. The van der Waals surface area contributed by atoms with E-state index in [9.17, 15) is 9.59 Å². The standard InChI is InChI=1S/C15H22N2O3/c1-10(11(2)16)14(18)17(3)9-8-12-6-4-5-7-13(12)15(19)20/h4-7,10-11H,8-9,16H2,1-3H3,(H,19,20).